The standard InChI is InChI=1S/C10H22.C2H2O4/c1-3-5-7-9-10-8-6-4-2;3-1(4)2(5)6/h3-10H2,1-2H3;(H,3,4)(H,5,6)/p-2. The number of aliphatic carboxylic acids is 2. The first-order chi connectivity index (χ1) is 7.56. The van der Waals surface area contributed by atoms with E-state index in [9.17, 15) is 0 Å². The van der Waals surface area contributed by atoms with Gasteiger partial charge < -0.3 is 19.8 Å². The minimum Gasteiger partial charge on any atom is -0.543 e. The SMILES string of the molecule is CCCCCCCCCC.O=C([O-])C(=O)[O-]. The first-order valence-corrected chi connectivity index (χ1v) is 5.98. The Morgan fingerprint density at radius 3 is 1.12 bits per heavy atom. The smallest absolute Gasteiger partial charge is 0.0870 e. The van der Waals surface area contributed by atoms with E-state index in [1.165, 1.54) is 51.4 Å². The fourth-order valence-corrected chi connectivity index (χ4v) is 1.21. The molecule has 0 aromatic carbocycles. The zero-order chi connectivity index (χ0) is 12.8. The Kier molecular flexibility index (Phi) is 15.1. The summed E-state index contributed by atoms with van der Waals surface area (Å²) >= 11 is 0. The van der Waals surface area contributed by atoms with Gasteiger partial charge in [-0.25, -0.2) is 0 Å². The molecular formula is C12H22O4-2. The Morgan fingerprint density at radius 2 is 0.938 bits per heavy atom. The molecule has 0 amide bonds. The average molecular weight is 230 g/mol. The molecule has 0 heterocycles. The van der Waals surface area contributed by atoms with E-state index in [0.717, 1.165) is 0 Å². The zero-order valence-electron chi connectivity index (χ0n) is 10.3. The van der Waals surface area contributed by atoms with Crippen LogP contribution in [0.4, 0.5) is 0 Å². The molecule has 0 N–H and O–H groups in total. The second kappa shape index (κ2) is 13.9. The molecule has 0 radical (unpaired) electrons. The van der Waals surface area contributed by atoms with Gasteiger partial charge in [-0.05, 0) is 0 Å². The summed E-state index contributed by atoms with van der Waals surface area (Å²) < 4.78 is 0. The second-order valence-corrected chi connectivity index (χ2v) is 3.70. The molecule has 0 atom stereocenters. The number of hydrogen-bond donors (Lipinski definition) is 0. The maximum absolute atomic E-state index is 8.93. The van der Waals surface area contributed by atoms with Gasteiger partial charge in [-0.1, -0.05) is 65.2 Å². The minimum atomic E-state index is -2.19. The van der Waals surface area contributed by atoms with Crippen molar-refractivity contribution in [3.8, 4) is 0 Å². The highest BCUT2D eigenvalue weighted by atomic mass is 16.4. The van der Waals surface area contributed by atoms with Crippen molar-refractivity contribution in [2.45, 2.75) is 65.2 Å². The van der Waals surface area contributed by atoms with Gasteiger partial charge in [-0.3, -0.25) is 0 Å². The van der Waals surface area contributed by atoms with Crippen LogP contribution in [0.3, 0.4) is 0 Å². The number of unbranched alkanes of at least 4 members (excludes halogenated alkanes) is 7. The Balaban J connectivity index is 0. The highest BCUT2D eigenvalue weighted by Gasteiger charge is 1.87. The van der Waals surface area contributed by atoms with Crippen molar-refractivity contribution in [1.82, 2.24) is 0 Å². The van der Waals surface area contributed by atoms with Gasteiger partial charge in [0.05, 0.1) is 11.9 Å². The van der Waals surface area contributed by atoms with E-state index in [-0.39, 0.29) is 0 Å². The summed E-state index contributed by atoms with van der Waals surface area (Å²) in [5.41, 5.74) is 0. The second-order valence-electron chi connectivity index (χ2n) is 3.70. The van der Waals surface area contributed by atoms with E-state index in [0.29, 0.717) is 0 Å². The summed E-state index contributed by atoms with van der Waals surface area (Å²) in [6.07, 6.45) is 11.5. The first-order valence-electron chi connectivity index (χ1n) is 5.98. The van der Waals surface area contributed by atoms with E-state index in [4.69, 9.17) is 19.8 Å². The Hall–Kier alpha value is -1.06. The molecule has 0 aliphatic rings. The number of carboxylic acids is 2. The first kappa shape index (κ1) is 17.3. The third kappa shape index (κ3) is 18.7. The molecule has 0 bridgehead atoms. The van der Waals surface area contributed by atoms with Crippen LogP contribution in [0, 0.1) is 0 Å². The summed E-state index contributed by atoms with van der Waals surface area (Å²) in [6.45, 7) is 4.54. The van der Waals surface area contributed by atoms with Crippen molar-refractivity contribution in [2.75, 3.05) is 0 Å². The normalized spacial score (nSPS) is 9.12. The van der Waals surface area contributed by atoms with Crippen molar-refractivity contribution in [2.24, 2.45) is 0 Å². The van der Waals surface area contributed by atoms with Gasteiger partial charge in [0.2, 0.25) is 0 Å². The third-order valence-corrected chi connectivity index (χ3v) is 2.12. The molecule has 0 aromatic heterocycles. The van der Waals surface area contributed by atoms with Gasteiger partial charge in [0.25, 0.3) is 0 Å². The molecule has 4 nitrogen and oxygen atoms in total. The van der Waals surface area contributed by atoms with Crippen LogP contribution in [-0.4, -0.2) is 11.9 Å². The van der Waals surface area contributed by atoms with Gasteiger partial charge in [0.15, 0.2) is 0 Å². The summed E-state index contributed by atoms with van der Waals surface area (Å²) in [7, 11) is 0. The lowest BCUT2D eigenvalue weighted by Gasteiger charge is -1.97. The summed E-state index contributed by atoms with van der Waals surface area (Å²) in [5.74, 6) is -4.37. The minimum absolute atomic E-state index is 1.37. The molecule has 0 aliphatic heterocycles. The largest absolute Gasteiger partial charge is 0.543 e. The molecule has 0 fully saturated rings. The summed E-state index contributed by atoms with van der Waals surface area (Å²) in [5, 5.41) is 17.9. The van der Waals surface area contributed by atoms with Gasteiger partial charge in [-0.2, -0.15) is 0 Å². The summed E-state index contributed by atoms with van der Waals surface area (Å²) in [6, 6.07) is 0. The fraction of sp³-hybridized carbons (Fsp3) is 0.833. The van der Waals surface area contributed by atoms with Gasteiger partial charge in [0.1, 0.15) is 0 Å². The number of carbonyl (C=O) groups is 2. The lowest BCUT2D eigenvalue weighted by atomic mass is 10.1. The third-order valence-electron chi connectivity index (χ3n) is 2.12. The van der Waals surface area contributed by atoms with Gasteiger partial charge in [-0.15, -0.1) is 0 Å². The maximum Gasteiger partial charge on any atom is 0.0870 e. The maximum atomic E-state index is 8.93. The monoisotopic (exact) mass is 230 g/mol. The van der Waals surface area contributed by atoms with E-state index >= 15 is 0 Å². The predicted octanol–water partition coefficient (Wildman–Crippen LogP) is 0.633. The Bertz CT molecular complexity index is 158. The Morgan fingerprint density at radius 1 is 0.688 bits per heavy atom. The number of rotatable bonds is 7. The molecule has 0 rings (SSSR count). The van der Waals surface area contributed by atoms with Crippen LogP contribution < -0.4 is 10.2 Å². The number of carbonyl (C=O) groups excluding carboxylic acids is 2. The molecule has 0 aliphatic carbocycles. The molecule has 0 saturated carbocycles. The van der Waals surface area contributed by atoms with Crippen molar-refractivity contribution in [1.29, 1.82) is 0 Å². The molecule has 0 unspecified atom stereocenters. The topological polar surface area (TPSA) is 80.3 Å². The molecule has 0 saturated heterocycles. The van der Waals surface area contributed by atoms with Gasteiger partial charge in [0, 0.05) is 0 Å². The van der Waals surface area contributed by atoms with Gasteiger partial charge >= 0.3 is 0 Å². The number of carboxylic acid groups (broad SMARTS) is 2. The quantitative estimate of drug-likeness (QED) is 0.474. The van der Waals surface area contributed by atoms with Crippen LogP contribution in [0.2, 0.25) is 0 Å². The van der Waals surface area contributed by atoms with Crippen LogP contribution in [0.25, 0.3) is 0 Å². The highest BCUT2D eigenvalue weighted by molar-refractivity contribution is 6.25. The van der Waals surface area contributed by atoms with Crippen LogP contribution in [0.15, 0.2) is 0 Å². The lowest BCUT2D eigenvalue weighted by Crippen LogP contribution is -2.42. The lowest BCUT2D eigenvalue weighted by molar-refractivity contribution is -0.345. The van der Waals surface area contributed by atoms with E-state index in [1.807, 2.05) is 0 Å². The van der Waals surface area contributed by atoms with E-state index in [1.54, 1.807) is 0 Å². The summed E-state index contributed by atoms with van der Waals surface area (Å²) in [4.78, 5) is 17.9. The number of hydrogen-bond acceptors (Lipinski definition) is 4. The zero-order valence-corrected chi connectivity index (χ0v) is 10.3. The molecule has 96 valence electrons. The van der Waals surface area contributed by atoms with E-state index in [2.05, 4.69) is 13.8 Å². The van der Waals surface area contributed by atoms with Crippen molar-refractivity contribution < 1.29 is 19.8 Å². The Labute approximate surface area is 97.7 Å². The fourth-order valence-electron chi connectivity index (χ4n) is 1.21. The predicted molar refractivity (Wildman–Crippen MR) is 58.3 cm³/mol. The van der Waals surface area contributed by atoms with Crippen LogP contribution in [-0.2, 0) is 9.59 Å². The molecular weight excluding hydrogens is 208 g/mol. The van der Waals surface area contributed by atoms with Crippen molar-refractivity contribution in [3.63, 3.8) is 0 Å². The molecule has 16 heavy (non-hydrogen) atoms. The average Bonchev–Trinajstić information content (AvgIpc) is 2.24. The van der Waals surface area contributed by atoms with Crippen LogP contribution in [0.5, 0.6) is 0 Å². The van der Waals surface area contributed by atoms with Crippen LogP contribution in [0.1, 0.15) is 65.2 Å². The molecule has 0 aromatic rings. The molecule has 0 spiro atoms. The van der Waals surface area contributed by atoms with Crippen molar-refractivity contribution >= 4 is 11.9 Å². The van der Waals surface area contributed by atoms with Crippen molar-refractivity contribution in [3.05, 3.63) is 0 Å². The highest BCUT2D eigenvalue weighted by Crippen LogP contribution is 2.07. The van der Waals surface area contributed by atoms with Crippen LogP contribution >= 0.6 is 0 Å². The van der Waals surface area contributed by atoms with E-state index < -0.39 is 11.9 Å². The molecule has 4 heteroatoms.